The molecule has 0 aliphatic carbocycles. The second-order valence-corrected chi connectivity index (χ2v) is 8.08. The molecule has 19 heavy (non-hydrogen) atoms. The summed E-state index contributed by atoms with van der Waals surface area (Å²) < 4.78 is 25.3. The van der Waals surface area contributed by atoms with E-state index in [4.69, 9.17) is 0 Å². The van der Waals surface area contributed by atoms with Crippen LogP contribution in [0.2, 0.25) is 0 Å². The SMILES string of the molecule is CCC(C)C(=O)NCc1ccc(S(=O)(=O)N(C)C)s1. The largest absolute Gasteiger partial charge is 0.351 e. The molecule has 0 aliphatic rings. The maximum Gasteiger partial charge on any atom is 0.252 e. The van der Waals surface area contributed by atoms with Crippen molar-refractivity contribution in [2.75, 3.05) is 14.1 Å². The first-order valence-corrected chi connectivity index (χ1v) is 8.33. The number of nitrogens with zero attached hydrogens (tertiary/aromatic N) is 1. The molecular formula is C12H20N2O3S2. The molecule has 5 nitrogen and oxygen atoms in total. The number of hydrogen-bond acceptors (Lipinski definition) is 4. The van der Waals surface area contributed by atoms with E-state index in [2.05, 4.69) is 5.32 Å². The third-order valence-corrected chi connectivity index (χ3v) is 6.24. The maximum atomic E-state index is 11.9. The Morgan fingerprint density at radius 1 is 1.42 bits per heavy atom. The fourth-order valence-electron chi connectivity index (χ4n) is 1.31. The molecule has 0 saturated heterocycles. The molecule has 0 spiro atoms. The monoisotopic (exact) mass is 304 g/mol. The minimum absolute atomic E-state index is 0.00656. The van der Waals surface area contributed by atoms with Crippen molar-refractivity contribution in [2.24, 2.45) is 5.92 Å². The lowest BCUT2D eigenvalue weighted by atomic mass is 10.1. The number of sulfonamides is 1. The molecule has 0 radical (unpaired) electrons. The van der Waals surface area contributed by atoms with Gasteiger partial charge in [0.2, 0.25) is 5.91 Å². The number of thiophene rings is 1. The molecule has 0 fully saturated rings. The summed E-state index contributed by atoms with van der Waals surface area (Å²) in [6.45, 7) is 4.19. The minimum Gasteiger partial charge on any atom is -0.351 e. The zero-order valence-corrected chi connectivity index (χ0v) is 13.3. The summed E-state index contributed by atoms with van der Waals surface area (Å²) in [5.41, 5.74) is 0. The van der Waals surface area contributed by atoms with Gasteiger partial charge in [-0.05, 0) is 18.6 Å². The minimum atomic E-state index is -3.38. The van der Waals surface area contributed by atoms with Crippen molar-refractivity contribution in [1.82, 2.24) is 9.62 Å². The van der Waals surface area contributed by atoms with Crippen molar-refractivity contribution in [1.29, 1.82) is 0 Å². The van der Waals surface area contributed by atoms with Crippen LogP contribution < -0.4 is 5.32 Å². The van der Waals surface area contributed by atoms with Crippen molar-refractivity contribution in [3.8, 4) is 0 Å². The lowest BCUT2D eigenvalue weighted by Crippen LogP contribution is -2.27. The molecule has 1 rings (SSSR count). The van der Waals surface area contributed by atoms with Gasteiger partial charge < -0.3 is 5.32 Å². The smallest absolute Gasteiger partial charge is 0.252 e. The van der Waals surface area contributed by atoms with Gasteiger partial charge in [0.05, 0.1) is 6.54 Å². The Balaban J connectivity index is 2.69. The standard InChI is InChI=1S/C12H20N2O3S2/c1-5-9(2)12(15)13-8-10-6-7-11(18-10)19(16,17)14(3)4/h6-7,9H,5,8H2,1-4H3,(H,13,15). The van der Waals surface area contributed by atoms with Gasteiger partial charge >= 0.3 is 0 Å². The van der Waals surface area contributed by atoms with Gasteiger partial charge in [-0.3, -0.25) is 4.79 Å². The number of nitrogens with one attached hydrogen (secondary N) is 1. The van der Waals surface area contributed by atoms with E-state index < -0.39 is 10.0 Å². The Kier molecular flexibility index (Phi) is 5.51. The van der Waals surface area contributed by atoms with E-state index in [0.717, 1.165) is 11.3 Å². The number of carbonyl (C=O) groups is 1. The fraction of sp³-hybridized carbons (Fsp3) is 0.583. The Hall–Kier alpha value is -0.920. The zero-order valence-electron chi connectivity index (χ0n) is 11.6. The number of hydrogen-bond donors (Lipinski definition) is 1. The Bertz CT molecular complexity index is 535. The lowest BCUT2D eigenvalue weighted by molar-refractivity contribution is -0.124. The maximum absolute atomic E-state index is 11.9. The van der Waals surface area contributed by atoms with Gasteiger partial charge in [0, 0.05) is 24.9 Å². The Morgan fingerprint density at radius 2 is 2.05 bits per heavy atom. The van der Waals surface area contributed by atoms with Crippen molar-refractivity contribution in [3.63, 3.8) is 0 Å². The van der Waals surface area contributed by atoms with Crippen LogP contribution in [0.25, 0.3) is 0 Å². The fourth-order valence-corrected chi connectivity index (χ4v) is 3.77. The summed E-state index contributed by atoms with van der Waals surface area (Å²) in [5, 5.41) is 2.81. The predicted molar refractivity (Wildman–Crippen MR) is 76.5 cm³/mol. The van der Waals surface area contributed by atoms with E-state index >= 15 is 0 Å². The van der Waals surface area contributed by atoms with Gasteiger partial charge in [-0.2, -0.15) is 0 Å². The summed E-state index contributed by atoms with van der Waals surface area (Å²) in [4.78, 5) is 12.5. The molecule has 1 aromatic rings. The number of amides is 1. The van der Waals surface area contributed by atoms with Gasteiger partial charge in [0.1, 0.15) is 4.21 Å². The molecule has 1 unspecified atom stereocenters. The van der Waals surface area contributed by atoms with Crippen LogP contribution in [0.3, 0.4) is 0 Å². The molecule has 1 aromatic heterocycles. The van der Waals surface area contributed by atoms with Crippen LogP contribution in [-0.2, 0) is 21.4 Å². The van der Waals surface area contributed by atoms with Gasteiger partial charge in [-0.1, -0.05) is 13.8 Å². The first-order valence-electron chi connectivity index (χ1n) is 6.08. The molecule has 108 valence electrons. The van der Waals surface area contributed by atoms with Crippen molar-refractivity contribution >= 4 is 27.3 Å². The number of rotatable bonds is 6. The first kappa shape index (κ1) is 16.1. The van der Waals surface area contributed by atoms with Crippen LogP contribution in [0.1, 0.15) is 25.1 Å². The van der Waals surface area contributed by atoms with Crippen LogP contribution in [0.5, 0.6) is 0 Å². The zero-order chi connectivity index (χ0) is 14.6. The van der Waals surface area contributed by atoms with E-state index in [9.17, 15) is 13.2 Å². The van der Waals surface area contributed by atoms with Crippen LogP contribution in [0.15, 0.2) is 16.3 Å². The van der Waals surface area contributed by atoms with Crippen molar-refractivity contribution in [2.45, 2.75) is 31.0 Å². The van der Waals surface area contributed by atoms with Crippen LogP contribution in [0, 0.1) is 5.92 Å². The topological polar surface area (TPSA) is 66.5 Å². The molecule has 0 aliphatic heterocycles. The first-order chi connectivity index (χ1) is 8.78. The average molecular weight is 304 g/mol. The van der Waals surface area contributed by atoms with Gasteiger partial charge in [-0.15, -0.1) is 11.3 Å². The third kappa shape index (κ3) is 4.02. The second-order valence-electron chi connectivity index (χ2n) is 4.54. The van der Waals surface area contributed by atoms with Crippen LogP contribution in [-0.4, -0.2) is 32.7 Å². The highest BCUT2D eigenvalue weighted by Crippen LogP contribution is 2.23. The summed E-state index contributed by atoms with van der Waals surface area (Å²) in [6.07, 6.45) is 0.788. The van der Waals surface area contributed by atoms with Gasteiger partial charge in [-0.25, -0.2) is 12.7 Å². The summed E-state index contributed by atoms with van der Waals surface area (Å²) in [5.74, 6) is -0.0298. The van der Waals surface area contributed by atoms with E-state index in [0.29, 0.717) is 10.8 Å². The molecule has 1 N–H and O–H groups in total. The number of carbonyl (C=O) groups excluding carboxylic acids is 1. The Labute approximate surface area is 118 Å². The highest BCUT2D eigenvalue weighted by atomic mass is 32.2. The second kappa shape index (κ2) is 6.49. The quantitative estimate of drug-likeness (QED) is 0.869. The summed E-state index contributed by atoms with van der Waals surface area (Å²) in [6, 6.07) is 3.31. The summed E-state index contributed by atoms with van der Waals surface area (Å²) >= 11 is 1.19. The van der Waals surface area contributed by atoms with Gasteiger partial charge in [0.25, 0.3) is 10.0 Å². The molecule has 1 amide bonds. The molecule has 7 heteroatoms. The summed E-state index contributed by atoms with van der Waals surface area (Å²) in [7, 11) is -0.378. The van der Waals surface area contributed by atoms with E-state index in [1.54, 1.807) is 12.1 Å². The van der Waals surface area contributed by atoms with E-state index in [1.165, 1.54) is 29.7 Å². The van der Waals surface area contributed by atoms with E-state index in [-0.39, 0.29) is 11.8 Å². The molecule has 0 aromatic carbocycles. The molecule has 1 heterocycles. The molecule has 0 saturated carbocycles. The lowest BCUT2D eigenvalue weighted by Gasteiger charge is -2.09. The van der Waals surface area contributed by atoms with Crippen molar-refractivity contribution in [3.05, 3.63) is 17.0 Å². The van der Waals surface area contributed by atoms with E-state index in [1.807, 2.05) is 13.8 Å². The molecule has 1 atom stereocenters. The highest BCUT2D eigenvalue weighted by Gasteiger charge is 2.19. The normalized spacial score (nSPS) is 13.5. The van der Waals surface area contributed by atoms with Crippen molar-refractivity contribution < 1.29 is 13.2 Å². The highest BCUT2D eigenvalue weighted by molar-refractivity contribution is 7.91. The predicted octanol–water partition coefficient (Wildman–Crippen LogP) is 1.66. The molecule has 0 bridgehead atoms. The van der Waals surface area contributed by atoms with Crippen LogP contribution in [0.4, 0.5) is 0 Å². The van der Waals surface area contributed by atoms with Gasteiger partial charge in [0.15, 0.2) is 0 Å². The van der Waals surface area contributed by atoms with Crippen LogP contribution >= 0.6 is 11.3 Å². The molecular weight excluding hydrogens is 284 g/mol. The third-order valence-electron chi connectivity index (χ3n) is 2.87. The Morgan fingerprint density at radius 3 is 2.58 bits per heavy atom. The average Bonchev–Trinajstić information content (AvgIpc) is 2.84.